The van der Waals surface area contributed by atoms with E-state index in [0.717, 1.165) is 4.90 Å². The molecule has 0 radical (unpaired) electrons. The van der Waals surface area contributed by atoms with Gasteiger partial charge in [0.15, 0.2) is 5.25 Å². The van der Waals surface area contributed by atoms with E-state index < -0.39 is 39.5 Å². The molecule has 9 heteroatoms. The Balaban J connectivity index is 2.18. The van der Waals surface area contributed by atoms with Crippen molar-refractivity contribution in [2.75, 3.05) is 6.54 Å². The molecule has 21 heavy (non-hydrogen) atoms. The second-order valence-electron chi connectivity index (χ2n) is 4.50. The van der Waals surface area contributed by atoms with Crippen LogP contribution in [0.25, 0.3) is 0 Å². The quantitative estimate of drug-likeness (QED) is 0.551. The number of hydrogen-bond acceptors (Lipinski definition) is 5. The number of nitrogens with zero attached hydrogens (tertiary/aromatic N) is 1. The number of imide groups is 1. The lowest BCUT2D eigenvalue weighted by Crippen LogP contribution is -2.40. The maximum absolute atomic E-state index is 12.0. The molecule has 1 aliphatic heterocycles. The molecule has 1 heterocycles. The minimum atomic E-state index is -4.68. The first-order chi connectivity index (χ1) is 9.73. The van der Waals surface area contributed by atoms with Crippen LogP contribution in [0.3, 0.4) is 0 Å². The molecule has 0 spiro atoms. The Hall–Kier alpha value is -2.26. The van der Waals surface area contributed by atoms with Crippen molar-refractivity contribution in [1.29, 1.82) is 0 Å². The first-order valence-corrected chi connectivity index (χ1v) is 7.44. The van der Waals surface area contributed by atoms with Crippen LogP contribution in [0.15, 0.2) is 24.3 Å². The molecule has 112 valence electrons. The smallest absolute Gasteiger partial charge is 0.277 e. The van der Waals surface area contributed by atoms with E-state index in [1.807, 2.05) is 0 Å². The summed E-state index contributed by atoms with van der Waals surface area (Å²) in [6.45, 7) is -0.334. The van der Waals surface area contributed by atoms with Crippen molar-refractivity contribution in [2.45, 2.75) is 11.7 Å². The fourth-order valence-electron chi connectivity index (χ4n) is 2.13. The van der Waals surface area contributed by atoms with Gasteiger partial charge in [-0.15, -0.1) is 0 Å². The summed E-state index contributed by atoms with van der Waals surface area (Å²) in [6.07, 6.45) is -0.459. The third-order valence-electron chi connectivity index (χ3n) is 3.17. The van der Waals surface area contributed by atoms with Crippen LogP contribution in [0, 0.1) is 0 Å². The van der Waals surface area contributed by atoms with E-state index in [-0.39, 0.29) is 17.7 Å². The third kappa shape index (κ3) is 2.78. The zero-order chi connectivity index (χ0) is 15.8. The average molecular weight is 312 g/mol. The van der Waals surface area contributed by atoms with Crippen molar-refractivity contribution >= 4 is 27.8 Å². The number of fused-ring (bicyclic) bond motifs is 1. The van der Waals surface area contributed by atoms with E-state index in [4.69, 9.17) is 10.3 Å². The van der Waals surface area contributed by atoms with Crippen LogP contribution >= 0.6 is 0 Å². The number of carbonyl (C=O) groups is 3. The van der Waals surface area contributed by atoms with Gasteiger partial charge in [0.2, 0.25) is 5.91 Å². The summed E-state index contributed by atoms with van der Waals surface area (Å²) in [5.41, 5.74) is 5.32. The van der Waals surface area contributed by atoms with Crippen LogP contribution in [0.1, 0.15) is 27.1 Å². The highest BCUT2D eigenvalue weighted by Crippen LogP contribution is 2.23. The van der Waals surface area contributed by atoms with Gasteiger partial charge in [-0.3, -0.25) is 23.8 Å². The van der Waals surface area contributed by atoms with E-state index in [1.54, 1.807) is 12.1 Å². The Morgan fingerprint density at radius 1 is 1.19 bits per heavy atom. The molecule has 1 unspecified atom stereocenters. The van der Waals surface area contributed by atoms with Crippen LogP contribution in [-0.4, -0.2) is 47.4 Å². The number of benzene rings is 1. The van der Waals surface area contributed by atoms with Gasteiger partial charge >= 0.3 is 0 Å². The standard InChI is InChI=1S/C12H12N2O6S/c13-10(15)9(21(18,19)20)5-6-14-11(16)7-3-1-2-4-8(7)12(14)17/h1-4,9H,5-6H2,(H2,13,15)(H,18,19,20). The van der Waals surface area contributed by atoms with E-state index in [9.17, 15) is 22.8 Å². The Kier molecular flexibility index (Phi) is 3.79. The Labute approximate surface area is 120 Å². The van der Waals surface area contributed by atoms with Gasteiger partial charge in [0, 0.05) is 6.54 Å². The van der Waals surface area contributed by atoms with Gasteiger partial charge in [-0.25, -0.2) is 0 Å². The number of primary amides is 1. The molecule has 0 fully saturated rings. The van der Waals surface area contributed by atoms with Crippen LogP contribution in [-0.2, 0) is 14.9 Å². The molecule has 1 atom stereocenters. The molecule has 0 bridgehead atoms. The average Bonchev–Trinajstić information content (AvgIpc) is 2.62. The highest BCUT2D eigenvalue weighted by molar-refractivity contribution is 7.87. The van der Waals surface area contributed by atoms with Crippen LogP contribution in [0.5, 0.6) is 0 Å². The SMILES string of the molecule is NC(=O)C(CCN1C(=O)c2ccccc2C1=O)S(=O)(=O)O. The number of nitrogens with two attached hydrogens (primary N) is 1. The Morgan fingerprint density at radius 2 is 1.67 bits per heavy atom. The molecule has 0 aliphatic carbocycles. The van der Waals surface area contributed by atoms with E-state index in [2.05, 4.69) is 0 Å². The van der Waals surface area contributed by atoms with E-state index in [0.29, 0.717) is 0 Å². The van der Waals surface area contributed by atoms with Crippen molar-refractivity contribution in [2.24, 2.45) is 5.73 Å². The maximum atomic E-state index is 12.0. The predicted octanol–water partition coefficient (Wildman–Crippen LogP) is -0.586. The first kappa shape index (κ1) is 15.1. The first-order valence-electron chi connectivity index (χ1n) is 5.94. The van der Waals surface area contributed by atoms with Crippen molar-refractivity contribution in [3.05, 3.63) is 35.4 Å². The number of rotatable bonds is 5. The van der Waals surface area contributed by atoms with E-state index >= 15 is 0 Å². The summed E-state index contributed by atoms with van der Waals surface area (Å²) in [4.78, 5) is 35.9. The molecule has 0 saturated carbocycles. The summed E-state index contributed by atoms with van der Waals surface area (Å²) in [7, 11) is -4.68. The lowest BCUT2D eigenvalue weighted by Gasteiger charge is -2.16. The van der Waals surface area contributed by atoms with Crippen LogP contribution in [0.4, 0.5) is 0 Å². The molecule has 0 saturated heterocycles. The minimum Gasteiger partial charge on any atom is -0.368 e. The number of amides is 3. The Morgan fingerprint density at radius 3 is 2.05 bits per heavy atom. The molecule has 1 aliphatic rings. The second-order valence-corrected chi connectivity index (χ2v) is 6.10. The second kappa shape index (κ2) is 5.26. The predicted molar refractivity (Wildman–Crippen MR) is 71.0 cm³/mol. The van der Waals surface area contributed by atoms with Gasteiger partial charge in [0.25, 0.3) is 21.9 Å². The molecular formula is C12H12N2O6S. The summed E-state index contributed by atoms with van der Waals surface area (Å²) in [5.74, 6) is -2.39. The third-order valence-corrected chi connectivity index (χ3v) is 4.36. The Bertz CT molecular complexity index is 692. The zero-order valence-corrected chi connectivity index (χ0v) is 11.5. The fourth-order valence-corrected chi connectivity index (χ4v) is 2.82. The van der Waals surface area contributed by atoms with Gasteiger partial charge in [-0.2, -0.15) is 8.42 Å². The molecule has 3 N–H and O–H groups in total. The van der Waals surface area contributed by atoms with Crippen LogP contribution < -0.4 is 5.73 Å². The normalized spacial score (nSPS) is 16.0. The zero-order valence-electron chi connectivity index (χ0n) is 10.7. The lowest BCUT2D eigenvalue weighted by atomic mass is 10.1. The summed E-state index contributed by atoms with van der Waals surface area (Å²) in [5, 5.41) is -1.86. The summed E-state index contributed by atoms with van der Waals surface area (Å²) in [6, 6.07) is 6.14. The van der Waals surface area contributed by atoms with Gasteiger partial charge in [-0.1, -0.05) is 12.1 Å². The minimum absolute atomic E-state index is 0.213. The molecule has 2 rings (SSSR count). The van der Waals surface area contributed by atoms with Gasteiger partial charge < -0.3 is 5.73 Å². The van der Waals surface area contributed by atoms with Crippen molar-refractivity contribution in [3.8, 4) is 0 Å². The molecule has 1 aromatic rings. The molecule has 1 aromatic carbocycles. The molecular weight excluding hydrogens is 300 g/mol. The van der Waals surface area contributed by atoms with E-state index in [1.165, 1.54) is 12.1 Å². The fraction of sp³-hybridized carbons (Fsp3) is 0.250. The lowest BCUT2D eigenvalue weighted by molar-refractivity contribution is -0.117. The topological polar surface area (TPSA) is 135 Å². The summed E-state index contributed by atoms with van der Waals surface area (Å²) >= 11 is 0. The van der Waals surface area contributed by atoms with Crippen molar-refractivity contribution < 1.29 is 27.4 Å². The summed E-state index contributed by atoms with van der Waals surface area (Å²) < 4.78 is 31.0. The maximum Gasteiger partial charge on any atom is 0.277 e. The van der Waals surface area contributed by atoms with Gasteiger partial charge in [-0.05, 0) is 18.6 Å². The van der Waals surface area contributed by atoms with Crippen LogP contribution in [0.2, 0.25) is 0 Å². The largest absolute Gasteiger partial charge is 0.368 e. The monoisotopic (exact) mass is 312 g/mol. The van der Waals surface area contributed by atoms with Gasteiger partial charge in [0.1, 0.15) is 0 Å². The highest BCUT2D eigenvalue weighted by atomic mass is 32.2. The molecule has 0 aromatic heterocycles. The van der Waals surface area contributed by atoms with Crippen molar-refractivity contribution in [1.82, 2.24) is 4.90 Å². The molecule has 8 nitrogen and oxygen atoms in total. The van der Waals surface area contributed by atoms with Crippen molar-refractivity contribution in [3.63, 3.8) is 0 Å². The number of hydrogen-bond donors (Lipinski definition) is 2. The van der Waals surface area contributed by atoms with Gasteiger partial charge in [0.05, 0.1) is 11.1 Å². The highest BCUT2D eigenvalue weighted by Gasteiger charge is 2.37. The number of carbonyl (C=O) groups excluding carboxylic acids is 3. The molecule has 3 amide bonds.